The highest BCUT2D eigenvalue weighted by Crippen LogP contribution is 2.58. The van der Waals surface area contributed by atoms with Crippen LogP contribution in [-0.4, -0.2) is 0 Å². The topological polar surface area (TPSA) is 0 Å². The Hall–Kier alpha value is 0. The van der Waals surface area contributed by atoms with Crippen LogP contribution in [0.15, 0.2) is 0 Å². The van der Waals surface area contributed by atoms with Gasteiger partial charge in [0.1, 0.15) is 0 Å². The van der Waals surface area contributed by atoms with E-state index in [1.807, 2.05) is 5.92 Å². The molecule has 0 amide bonds. The van der Waals surface area contributed by atoms with Crippen molar-refractivity contribution in [3.8, 4) is 0 Å². The molecule has 0 aliphatic heterocycles. The molecule has 0 spiro atoms. The van der Waals surface area contributed by atoms with E-state index in [9.17, 15) is 0 Å². The zero-order chi connectivity index (χ0) is 12.1. The molecule has 4 aliphatic carbocycles. The average molecular weight is 245 g/mol. The number of hydrogen-bond donors (Lipinski definition) is 0. The Morgan fingerprint density at radius 1 is 0.667 bits per heavy atom. The molecule has 4 fully saturated rings. The fourth-order valence-electron chi connectivity index (χ4n) is 6.52. The van der Waals surface area contributed by atoms with Crippen LogP contribution in [0, 0.1) is 41.4 Å². The summed E-state index contributed by atoms with van der Waals surface area (Å²) in [5.41, 5.74) is 0. The van der Waals surface area contributed by atoms with Crippen LogP contribution in [0.25, 0.3) is 0 Å². The first-order valence-electron chi connectivity index (χ1n) is 8.64. The highest BCUT2D eigenvalue weighted by molar-refractivity contribution is 5.03. The van der Waals surface area contributed by atoms with Crippen molar-refractivity contribution in [3.05, 3.63) is 5.92 Å². The summed E-state index contributed by atoms with van der Waals surface area (Å²) >= 11 is 0. The molecule has 0 aromatic heterocycles. The molecule has 0 N–H and O–H groups in total. The summed E-state index contributed by atoms with van der Waals surface area (Å²) in [5, 5.41) is 0. The summed E-state index contributed by atoms with van der Waals surface area (Å²) in [6, 6.07) is 0. The molecule has 1 radical (unpaired) electrons. The van der Waals surface area contributed by atoms with Gasteiger partial charge in [0.2, 0.25) is 0 Å². The summed E-state index contributed by atoms with van der Waals surface area (Å²) < 4.78 is 0. The SMILES string of the molecule is C[C]1CCC2C(CCC3C4CCCC4CCC23)C1. The predicted molar refractivity (Wildman–Crippen MR) is 76.0 cm³/mol. The molecule has 101 valence electrons. The maximum Gasteiger partial charge on any atom is -0.0269 e. The van der Waals surface area contributed by atoms with E-state index in [0.717, 1.165) is 35.5 Å². The highest BCUT2D eigenvalue weighted by atomic mass is 14.5. The highest BCUT2D eigenvalue weighted by Gasteiger charge is 2.48. The average Bonchev–Trinajstić information content (AvgIpc) is 2.86. The van der Waals surface area contributed by atoms with Crippen molar-refractivity contribution in [2.75, 3.05) is 0 Å². The normalized spacial score (nSPS) is 52.5. The lowest BCUT2D eigenvalue weighted by Gasteiger charge is -2.52. The first-order chi connectivity index (χ1) is 8.83. The zero-order valence-electron chi connectivity index (χ0n) is 12.0. The lowest BCUT2D eigenvalue weighted by atomic mass is 9.53. The van der Waals surface area contributed by atoms with Gasteiger partial charge in [-0.15, -0.1) is 0 Å². The van der Waals surface area contributed by atoms with Gasteiger partial charge in [0, 0.05) is 0 Å². The van der Waals surface area contributed by atoms with Crippen LogP contribution >= 0.6 is 0 Å². The van der Waals surface area contributed by atoms with Gasteiger partial charge in [-0.2, -0.15) is 0 Å². The van der Waals surface area contributed by atoms with Gasteiger partial charge < -0.3 is 0 Å². The van der Waals surface area contributed by atoms with Crippen LogP contribution in [0.5, 0.6) is 0 Å². The minimum atomic E-state index is 1.10. The molecule has 0 aromatic rings. The van der Waals surface area contributed by atoms with Crippen molar-refractivity contribution in [1.82, 2.24) is 0 Å². The maximum atomic E-state index is 2.41. The van der Waals surface area contributed by atoms with Crippen LogP contribution in [0.1, 0.15) is 71.1 Å². The Morgan fingerprint density at radius 2 is 1.39 bits per heavy atom. The van der Waals surface area contributed by atoms with Crippen molar-refractivity contribution in [2.24, 2.45) is 35.5 Å². The van der Waals surface area contributed by atoms with Crippen molar-refractivity contribution in [3.63, 3.8) is 0 Å². The van der Waals surface area contributed by atoms with Crippen LogP contribution in [0.3, 0.4) is 0 Å². The first kappa shape index (κ1) is 11.8. The summed E-state index contributed by atoms with van der Waals surface area (Å²) in [6.45, 7) is 2.41. The quantitative estimate of drug-likeness (QED) is 0.548. The van der Waals surface area contributed by atoms with E-state index in [4.69, 9.17) is 0 Å². The Kier molecular flexibility index (Phi) is 2.97. The van der Waals surface area contributed by atoms with Crippen molar-refractivity contribution in [1.29, 1.82) is 0 Å². The Morgan fingerprint density at radius 3 is 2.22 bits per heavy atom. The molecule has 6 unspecified atom stereocenters. The van der Waals surface area contributed by atoms with Crippen molar-refractivity contribution in [2.45, 2.75) is 71.1 Å². The molecule has 4 rings (SSSR count). The van der Waals surface area contributed by atoms with E-state index in [1.54, 1.807) is 51.4 Å². The lowest BCUT2D eigenvalue weighted by Crippen LogP contribution is -2.44. The second-order valence-corrected chi connectivity index (χ2v) is 7.96. The van der Waals surface area contributed by atoms with Crippen LogP contribution in [0.2, 0.25) is 0 Å². The first-order valence-corrected chi connectivity index (χ1v) is 8.64. The maximum absolute atomic E-state index is 2.41. The third kappa shape index (κ3) is 1.78. The fraction of sp³-hybridized carbons (Fsp3) is 0.944. The van der Waals surface area contributed by atoms with Gasteiger partial charge >= 0.3 is 0 Å². The molecule has 0 bridgehead atoms. The largest absolute Gasteiger partial charge is 0.0591 e. The predicted octanol–water partition coefficient (Wildman–Crippen LogP) is 5.23. The van der Waals surface area contributed by atoms with Gasteiger partial charge in [0.15, 0.2) is 0 Å². The molecule has 0 saturated heterocycles. The summed E-state index contributed by atoms with van der Waals surface area (Å²) in [4.78, 5) is 0. The van der Waals surface area contributed by atoms with E-state index in [1.165, 1.54) is 12.8 Å². The van der Waals surface area contributed by atoms with Crippen LogP contribution < -0.4 is 0 Å². The molecular weight excluding hydrogens is 216 g/mol. The summed E-state index contributed by atoms with van der Waals surface area (Å²) in [5.74, 6) is 8.66. The minimum absolute atomic E-state index is 1.10. The Balaban J connectivity index is 1.53. The van der Waals surface area contributed by atoms with Gasteiger partial charge in [-0.3, -0.25) is 0 Å². The number of hydrogen-bond acceptors (Lipinski definition) is 0. The van der Waals surface area contributed by atoms with Crippen molar-refractivity contribution >= 4 is 0 Å². The molecule has 0 aromatic carbocycles. The molecule has 0 nitrogen and oxygen atoms in total. The van der Waals surface area contributed by atoms with E-state index in [2.05, 4.69) is 6.92 Å². The third-order valence-electron chi connectivity index (χ3n) is 7.23. The lowest BCUT2D eigenvalue weighted by molar-refractivity contribution is -0.0147. The van der Waals surface area contributed by atoms with Gasteiger partial charge in [-0.1, -0.05) is 19.8 Å². The number of rotatable bonds is 0. The molecule has 0 heterocycles. The van der Waals surface area contributed by atoms with Crippen LogP contribution in [-0.2, 0) is 0 Å². The third-order valence-corrected chi connectivity index (χ3v) is 7.23. The molecule has 4 aliphatic rings. The number of fused-ring (bicyclic) bond motifs is 5. The van der Waals surface area contributed by atoms with Crippen molar-refractivity contribution < 1.29 is 0 Å². The van der Waals surface area contributed by atoms with Crippen LogP contribution in [0.4, 0.5) is 0 Å². The monoisotopic (exact) mass is 245 g/mol. The van der Waals surface area contributed by atoms with E-state index < -0.39 is 0 Å². The smallest absolute Gasteiger partial charge is 0.0269 e. The second kappa shape index (κ2) is 4.53. The molecular formula is C18H29. The molecule has 0 heteroatoms. The van der Waals surface area contributed by atoms with Gasteiger partial charge in [0.05, 0.1) is 0 Å². The Bertz CT molecular complexity index is 307. The van der Waals surface area contributed by atoms with Gasteiger partial charge in [-0.25, -0.2) is 0 Å². The summed E-state index contributed by atoms with van der Waals surface area (Å²) in [6.07, 6.45) is 15.6. The fourth-order valence-corrected chi connectivity index (χ4v) is 6.52. The Labute approximate surface area is 113 Å². The molecule has 6 atom stereocenters. The molecule has 4 saturated carbocycles. The zero-order valence-corrected chi connectivity index (χ0v) is 12.0. The van der Waals surface area contributed by atoms with E-state index >= 15 is 0 Å². The second-order valence-electron chi connectivity index (χ2n) is 7.96. The van der Waals surface area contributed by atoms with E-state index in [0.29, 0.717) is 0 Å². The standard InChI is InChI=1S/C18H29/c1-12-5-8-16-14(11-12)7-10-17-15-4-2-3-13(15)6-9-18(16)17/h13-18H,2-11H2,1H3. The van der Waals surface area contributed by atoms with Gasteiger partial charge in [-0.05, 0) is 92.8 Å². The molecule has 18 heavy (non-hydrogen) atoms. The minimum Gasteiger partial charge on any atom is -0.0591 e. The van der Waals surface area contributed by atoms with Gasteiger partial charge in [0.25, 0.3) is 0 Å². The van der Waals surface area contributed by atoms with E-state index in [-0.39, 0.29) is 0 Å². The summed E-state index contributed by atoms with van der Waals surface area (Å²) in [7, 11) is 0.